The number of piperidine rings is 2. The van der Waals surface area contributed by atoms with Gasteiger partial charge in [0.25, 0.3) is 0 Å². The maximum atomic E-state index is 12.5. The van der Waals surface area contributed by atoms with E-state index in [4.69, 9.17) is 31.4 Å². The lowest BCUT2D eigenvalue weighted by molar-refractivity contribution is -0.778. The van der Waals surface area contributed by atoms with Gasteiger partial charge >= 0.3 is 0 Å². The van der Waals surface area contributed by atoms with Gasteiger partial charge in [-0.15, -0.1) is 0 Å². The number of fused-ring (bicyclic) bond motifs is 2. The Morgan fingerprint density at radius 1 is 0.925 bits per heavy atom. The van der Waals surface area contributed by atoms with Crippen molar-refractivity contribution in [1.82, 2.24) is 59.8 Å². The zero-order valence-corrected chi connectivity index (χ0v) is 29.9. The minimum absolute atomic E-state index is 0.0381. The van der Waals surface area contributed by atoms with E-state index in [9.17, 15) is 4.79 Å². The summed E-state index contributed by atoms with van der Waals surface area (Å²) >= 11 is 0. The van der Waals surface area contributed by atoms with Gasteiger partial charge in [0.1, 0.15) is 24.4 Å². The summed E-state index contributed by atoms with van der Waals surface area (Å²) in [5, 5.41) is 32.2. The first-order valence-corrected chi connectivity index (χ1v) is 18.1. The molecule has 0 bridgehead atoms. The Balaban J connectivity index is 0.902. The van der Waals surface area contributed by atoms with E-state index in [1.165, 1.54) is 0 Å². The van der Waals surface area contributed by atoms with E-state index < -0.39 is 0 Å². The molecule has 0 radical (unpaired) electrons. The van der Waals surface area contributed by atoms with E-state index in [2.05, 4.69) is 31.2 Å². The molecule has 6 aromatic rings. The number of carbonyl (C=O) groups excluding carboxylic acids is 1. The fraction of sp³-hybridized carbons (Fsp3) is 0.457. The topological polar surface area (TPSA) is 222 Å². The van der Waals surface area contributed by atoms with Gasteiger partial charge in [0.05, 0.1) is 47.1 Å². The fourth-order valence-electron chi connectivity index (χ4n) is 7.39. The third-order valence-electron chi connectivity index (χ3n) is 10.4. The van der Waals surface area contributed by atoms with E-state index in [1.54, 1.807) is 31.0 Å². The Bertz CT molecular complexity index is 2240. The average Bonchev–Trinajstić information content (AvgIpc) is 3.97. The molecule has 8 heterocycles. The average molecular weight is 725 g/mol. The van der Waals surface area contributed by atoms with Crippen LogP contribution >= 0.6 is 0 Å². The first-order valence-electron chi connectivity index (χ1n) is 18.1. The van der Waals surface area contributed by atoms with E-state index >= 15 is 0 Å². The third-order valence-corrected chi connectivity index (χ3v) is 10.4. The molecule has 6 aromatic heterocycles. The Morgan fingerprint density at radius 3 is 2.17 bits per heavy atom. The summed E-state index contributed by atoms with van der Waals surface area (Å²) in [6.45, 7) is 2.36. The summed E-state index contributed by atoms with van der Waals surface area (Å²) in [5.41, 5.74) is 19.7. The van der Waals surface area contributed by atoms with Crippen LogP contribution < -0.4 is 36.9 Å². The minimum Gasteiger partial charge on any atom is -0.396 e. The number of hydrogen-bond acceptors (Lipinski definition) is 12. The molecule has 53 heavy (non-hydrogen) atoms. The van der Waals surface area contributed by atoms with Crippen LogP contribution in [0.2, 0.25) is 0 Å². The molecule has 8 N–H and O–H groups in total. The van der Waals surface area contributed by atoms with Crippen LogP contribution in [0.1, 0.15) is 55.3 Å². The number of rotatable bonds is 11. The Morgan fingerprint density at radius 2 is 1.58 bits per heavy atom. The van der Waals surface area contributed by atoms with Crippen LogP contribution in [0.15, 0.2) is 49.3 Å². The Labute approximate surface area is 305 Å². The van der Waals surface area contributed by atoms with Gasteiger partial charge in [-0.25, -0.2) is 9.97 Å². The van der Waals surface area contributed by atoms with Crippen LogP contribution in [0.3, 0.4) is 0 Å². The second kappa shape index (κ2) is 14.4. The maximum Gasteiger partial charge on any atom is 0.237 e. The lowest BCUT2D eigenvalue weighted by atomic mass is 9.91. The highest BCUT2D eigenvalue weighted by atomic mass is 16.7. The predicted octanol–water partition coefficient (Wildman–Crippen LogP) is -0.0715. The number of nitrogens with one attached hydrogen (secondary N) is 3. The first-order chi connectivity index (χ1) is 25.7. The molecule has 2 saturated heterocycles. The summed E-state index contributed by atoms with van der Waals surface area (Å²) in [6, 6.07) is 3.70. The fourth-order valence-corrected chi connectivity index (χ4v) is 7.39. The predicted molar refractivity (Wildman–Crippen MR) is 195 cm³/mol. The number of anilines is 2. The lowest BCUT2D eigenvalue weighted by Crippen LogP contribution is -2.48. The van der Waals surface area contributed by atoms with Gasteiger partial charge in [-0.2, -0.15) is 24.3 Å². The summed E-state index contributed by atoms with van der Waals surface area (Å²) in [7, 11) is 3.82. The van der Waals surface area contributed by atoms with Crippen molar-refractivity contribution in [2.24, 2.45) is 14.1 Å². The number of carbonyl (C=O) groups is 1. The minimum atomic E-state index is -0.261. The Hall–Kier alpha value is -5.59. The normalized spacial score (nSPS) is 20.7. The molecule has 4 atom stereocenters. The van der Waals surface area contributed by atoms with Crippen molar-refractivity contribution in [2.75, 3.05) is 44.3 Å². The highest BCUT2D eigenvalue weighted by Gasteiger charge is 2.29. The summed E-state index contributed by atoms with van der Waals surface area (Å²) in [5.74, 6) is 1.32. The van der Waals surface area contributed by atoms with E-state index in [0.717, 1.165) is 65.1 Å². The van der Waals surface area contributed by atoms with Crippen molar-refractivity contribution in [1.29, 1.82) is 0 Å². The van der Waals surface area contributed by atoms with E-state index in [1.807, 2.05) is 55.7 Å². The zero-order valence-electron chi connectivity index (χ0n) is 29.9. The maximum absolute atomic E-state index is 12.5. The molecule has 2 aliphatic heterocycles. The van der Waals surface area contributed by atoms with Gasteiger partial charge in [-0.1, -0.05) is 4.68 Å². The summed E-state index contributed by atoms with van der Waals surface area (Å²) in [6.07, 6.45) is 15.1. The number of aromatic nitrogens is 10. The van der Waals surface area contributed by atoms with Gasteiger partial charge in [-0.3, -0.25) is 9.48 Å². The number of amides is 1. The highest BCUT2D eigenvalue weighted by molar-refractivity contribution is 5.82. The number of aliphatic hydroxyl groups is 1. The number of nitrogen functional groups attached to an aromatic ring is 2. The molecule has 18 heteroatoms. The standard InChI is InChI=1S/C35H45N15O3/c1-46-17-23(14-41-46)26-15-42-49-31(36)10-29(44-33(26)49)21-4-6-25(39-12-21)20-53-48-19-24(18-47(48)2)27-16-43-50-32(37)11-30(45-34(27)50)22-5-7-28(40-13-22)35(52)38-8-3-9-51/h10-11,14-19,21-22,25,28,39-40,51H,3-9,12-13,20H2,1-2H3,(H4-,36,37,38,42,43,44,45,52)/p+1/t21-,22-,25-,28-/m0/s1. The largest absolute Gasteiger partial charge is 0.396 e. The highest BCUT2D eigenvalue weighted by Crippen LogP contribution is 2.31. The van der Waals surface area contributed by atoms with Gasteiger partial charge in [0.15, 0.2) is 18.3 Å². The van der Waals surface area contributed by atoms with Crippen LogP contribution in [-0.2, 0) is 18.9 Å². The molecule has 278 valence electrons. The smallest absolute Gasteiger partial charge is 0.237 e. The number of aryl methyl sites for hydroxylation is 2. The molecule has 18 nitrogen and oxygen atoms in total. The van der Waals surface area contributed by atoms with Crippen LogP contribution in [-0.4, -0.2) is 99.8 Å². The Kier molecular flexibility index (Phi) is 9.40. The number of nitrogens with two attached hydrogens (primary N) is 2. The first kappa shape index (κ1) is 34.5. The van der Waals surface area contributed by atoms with Crippen LogP contribution in [0, 0.1) is 0 Å². The van der Waals surface area contributed by atoms with Crippen molar-refractivity contribution in [3.05, 3.63) is 60.7 Å². The van der Waals surface area contributed by atoms with Crippen molar-refractivity contribution in [2.45, 2.75) is 56.0 Å². The molecular weight excluding hydrogens is 678 g/mol. The van der Waals surface area contributed by atoms with Gasteiger partial charge in [0, 0.05) is 85.5 Å². The molecule has 0 unspecified atom stereocenters. The quantitative estimate of drug-likeness (QED) is 0.0764. The van der Waals surface area contributed by atoms with Gasteiger partial charge in [0.2, 0.25) is 12.1 Å². The molecule has 8 rings (SSSR count). The van der Waals surface area contributed by atoms with Gasteiger partial charge in [-0.05, 0) is 32.1 Å². The monoisotopic (exact) mass is 724 g/mol. The number of nitrogens with zero attached hydrogens (tertiary/aromatic N) is 10. The second-order valence-corrected chi connectivity index (χ2v) is 14.1. The van der Waals surface area contributed by atoms with Crippen LogP contribution in [0.5, 0.6) is 0 Å². The molecule has 2 fully saturated rings. The lowest BCUT2D eigenvalue weighted by Gasteiger charge is -2.29. The van der Waals surface area contributed by atoms with Crippen molar-refractivity contribution in [3.8, 4) is 22.3 Å². The van der Waals surface area contributed by atoms with Crippen LogP contribution in [0.25, 0.3) is 33.5 Å². The molecule has 1 amide bonds. The number of hydrogen-bond donors (Lipinski definition) is 6. The van der Waals surface area contributed by atoms with Crippen molar-refractivity contribution >= 4 is 28.8 Å². The zero-order chi connectivity index (χ0) is 36.6. The number of aliphatic hydroxyl groups excluding tert-OH is 1. The summed E-state index contributed by atoms with van der Waals surface area (Å²) < 4.78 is 6.98. The molecule has 0 saturated carbocycles. The molecule has 0 aliphatic carbocycles. The van der Waals surface area contributed by atoms with E-state index in [-0.39, 0.29) is 36.4 Å². The summed E-state index contributed by atoms with van der Waals surface area (Å²) in [4.78, 5) is 30.5. The third kappa shape index (κ3) is 6.87. The van der Waals surface area contributed by atoms with E-state index in [0.29, 0.717) is 49.8 Å². The van der Waals surface area contributed by atoms with Crippen molar-refractivity contribution < 1.29 is 19.4 Å². The second-order valence-electron chi connectivity index (χ2n) is 14.1. The SMILES string of the molecule is Cn1cc(-c2cnn3c(N)cc([C@H]4CC[C@@H](COn5cc(-c6cnn7c(N)cc([C@H]8CC[C@@H](C(=O)NCCCO)NC8)nc67)c[n+]5C)NC4)nc23)cn1. The molecule has 0 spiro atoms. The molecular formula is C35H46N15O3+. The molecule has 0 aromatic carbocycles. The molecule has 2 aliphatic rings. The van der Waals surface area contributed by atoms with Gasteiger partial charge < -0.3 is 37.4 Å². The van der Waals surface area contributed by atoms with Crippen molar-refractivity contribution in [3.63, 3.8) is 0 Å². The van der Waals surface area contributed by atoms with Crippen LogP contribution in [0.4, 0.5) is 11.6 Å².